The van der Waals surface area contributed by atoms with Gasteiger partial charge in [-0.25, -0.2) is 4.79 Å². The fourth-order valence-corrected chi connectivity index (χ4v) is 5.14. The van der Waals surface area contributed by atoms with Crippen molar-refractivity contribution >= 4 is 69.1 Å². The number of nitrogens with zero attached hydrogens (tertiary/aromatic N) is 1. The van der Waals surface area contributed by atoms with Gasteiger partial charge in [0.2, 0.25) is 5.91 Å². The number of esters is 1. The van der Waals surface area contributed by atoms with Crippen molar-refractivity contribution in [2.24, 2.45) is 0 Å². The van der Waals surface area contributed by atoms with E-state index in [1.54, 1.807) is 73.7 Å². The molecule has 3 aromatic carbocycles. The van der Waals surface area contributed by atoms with Gasteiger partial charge >= 0.3 is 5.97 Å². The normalized spacial score (nSPS) is 13.9. The van der Waals surface area contributed by atoms with Crippen molar-refractivity contribution < 1.29 is 33.4 Å². The molecule has 3 aromatic rings. The van der Waals surface area contributed by atoms with Crippen LogP contribution in [0.3, 0.4) is 0 Å². The first kappa shape index (κ1) is 28.2. The first-order valence-corrected chi connectivity index (χ1v) is 13.6. The lowest BCUT2D eigenvalue weighted by molar-refractivity contribution is -0.127. The van der Waals surface area contributed by atoms with Crippen LogP contribution in [0.4, 0.5) is 10.5 Å². The predicted octanol–water partition coefficient (Wildman–Crippen LogP) is 5.59. The summed E-state index contributed by atoms with van der Waals surface area (Å²) in [4.78, 5) is 51.7. The van der Waals surface area contributed by atoms with E-state index in [4.69, 9.17) is 14.2 Å². The Bertz CT molecular complexity index is 1440. The minimum absolute atomic E-state index is 0.161. The maximum atomic E-state index is 12.9. The molecule has 0 bridgehead atoms. The fraction of sp³-hybridized carbons (Fsp3) is 0.143. The van der Waals surface area contributed by atoms with Crippen LogP contribution in [0.2, 0.25) is 0 Å². The van der Waals surface area contributed by atoms with Gasteiger partial charge in [-0.15, -0.1) is 0 Å². The number of anilines is 1. The van der Waals surface area contributed by atoms with Crippen molar-refractivity contribution in [1.29, 1.82) is 0 Å². The molecule has 0 atom stereocenters. The molecule has 0 aromatic heterocycles. The summed E-state index contributed by atoms with van der Waals surface area (Å²) in [6, 6.07) is 18.6. The Hall–Kier alpha value is -3.84. The summed E-state index contributed by atoms with van der Waals surface area (Å²) in [6.45, 7) is 1.69. The second-order valence-corrected chi connectivity index (χ2v) is 10.2. The summed E-state index contributed by atoms with van der Waals surface area (Å²) in [5.74, 6) is -0.474. The number of amides is 3. The monoisotopic (exact) mass is 658 g/mol. The third-order valence-corrected chi connectivity index (χ3v) is 7.09. The summed E-state index contributed by atoms with van der Waals surface area (Å²) in [7, 11) is 1.54. The lowest BCUT2D eigenvalue weighted by Crippen LogP contribution is -2.36. The Labute approximate surface area is 242 Å². The number of nitrogens with one attached hydrogen (secondary N) is 1. The van der Waals surface area contributed by atoms with Gasteiger partial charge in [-0.1, -0.05) is 18.2 Å². The van der Waals surface area contributed by atoms with Gasteiger partial charge in [-0.05, 0) is 101 Å². The van der Waals surface area contributed by atoms with E-state index >= 15 is 0 Å². The van der Waals surface area contributed by atoms with Crippen molar-refractivity contribution in [3.63, 3.8) is 0 Å². The molecule has 0 aliphatic carbocycles. The number of benzene rings is 3. The van der Waals surface area contributed by atoms with Crippen LogP contribution in [0.25, 0.3) is 6.08 Å². The van der Waals surface area contributed by atoms with E-state index in [0.717, 1.165) is 16.7 Å². The van der Waals surface area contributed by atoms with E-state index in [1.165, 1.54) is 7.11 Å². The van der Waals surface area contributed by atoms with Crippen LogP contribution in [-0.4, -0.2) is 48.2 Å². The Kier molecular flexibility index (Phi) is 9.25. The van der Waals surface area contributed by atoms with E-state index in [1.807, 2.05) is 28.7 Å². The molecule has 200 valence electrons. The Morgan fingerprint density at radius 3 is 2.44 bits per heavy atom. The summed E-state index contributed by atoms with van der Waals surface area (Å²) in [5, 5.41) is 2.12. The maximum absolute atomic E-state index is 12.9. The molecule has 11 heteroatoms. The highest BCUT2D eigenvalue weighted by Gasteiger charge is 2.36. The van der Waals surface area contributed by atoms with E-state index in [2.05, 4.69) is 5.32 Å². The molecule has 39 heavy (non-hydrogen) atoms. The van der Waals surface area contributed by atoms with Gasteiger partial charge in [0.25, 0.3) is 11.1 Å². The topological polar surface area (TPSA) is 111 Å². The summed E-state index contributed by atoms with van der Waals surface area (Å²) in [6.07, 6.45) is 1.54. The van der Waals surface area contributed by atoms with Crippen molar-refractivity contribution in [2.75, 3.05) is 25.6 Å². The van der Waals surface area contributed by atoms with Crippen LogP contribution in [0.15, 0.2) is 71.6 Å². The summed E-state index contributed by atoms with van der Waals surface area (Å²) < 4.78 is 17.1. The summed E-state index contributed by atoms with van der Waals surface area (Å²) >= 11 is 2.76. The molecule has 1 fully saturated rings. The molecule has 1 N–H and O–H groups in total. The van der Waals surface area contributed by atoms with Crippen molar-refractivity contribution in [3.05, 3.63) is 86.3 Å². The minimum atomic E-state index is -0.573. The largest absolute Gasteiger partial charge is 0.497 e. The summed E-state index contributed by atoms with van der Waals surface area (Å²) in [5.41, 5.74) is 1.46. The number of halogens is 1. The molecule has 4 rings (SSSR count). The zero-order valence-electron chi connectivity index (χ0n) is 20.9. The fourth-order valence-electron chi connectivity index (χ4n) is 3.57. The van der Waals surface area contributed by atoms with Crippen molar-refractivity contribution in [3.8, 4) is 17.2 Å². The molecule has 1 aliphatic heterocycles. The standard InChI is InChI=1S/C28H23IN2O7S/c1-3-37-22-14-17(13-21(29)25(22)38-27(34)18-9-11-20(36-2)12-10-18)15-23-26(33)31(28(35)39-23)16-24(32)30-19-7-5-4-6-8-19/h4-15H,3,16H2,1-2H3,(H,30,32)/b23-15-. The molecule has 1 saturated heterocycles. The number of carbonyl (C=O) groups excluding carboxylic acids is 4. The van der Waals surface area contributed by atoms with Gasteiger partial charge in [-0.2, -0.15) is 0 Å². The van der Waals surface area contributed by atoms with Gasteiger partial charge in [0.1, 0.15) is 12.3 Å². The van der Waals surface area contributed by atoms with Crippen LogP contribution in [0.5, 0.6) is 17.2 Å². The molecule has 0 saturated carbocycles. The number of carbonyl (C=O) groups is 4. The van der Waals surface area contributed by atoms with Crippen molar-refractivity contribution in [1.82, 2.24) is 4.90 Å². The Balaban J connectivity index is 1.51. The smallest absolute Gasteiger partial charge is 0.343 e. The van der Waals surface area contributed by atoms with E-state index < -0.39 is 29.6 Å². The van der Waals surface area contributed by atoms with Crippen LogP contribution < -0.4 is 19.5 Å². The van der Waals surface area contributed by atoms with Crippen LogP contribution >= 0.6 is 34.4 Å². The average molecular weight is 658 g/mol. The molecule has 3 amide bonds. The quantitative estimate of drug-likeness (QED) is 0.137. The first-order chi connectivity index (χ1) is 18.8. The number of methoxy groups -OCH3 is 1. The van der Waals surface area contributed by atoms with E-state index in [0.29, 0.717) is 38.5 Å². The molecular weight excluding hydrogens is 635 g/mol. The SMILES string of the molecule is CCOc1cc(/C=C2\SC(=O)N(CC(=O)Nc3ccccc3)C2=O)cc(I)c1OC(=O)c1ccc(OC)cc1. The average Bonchev–Trinajstić information content (AvgIpc) is 3.18. The minimum Gasteiger partial charge on any atom is -0.497 e. The maximum Gasteiger partial charge on any atom is 0.343 e. The molecule has 1 aliphatic rings. The number of rotatable bonds is 9. The zero-order chi connectivity index (χ0) is 27.9. The predicted molar refractivity (Wildman–Crippen MR) is 156 cm³/mol. The molecule has 9 nitrogen and oxygen atoms in total. The van der Waals surface area contributed by atoms with E-state index in [-0.39, 0.29) is 10.7 Å². The second kappa shape index (κ2) is 12.8. The number of imide groups is 1. The first-order valence-electron chi connectivity index (χ1n) is 11.7. The Morgan fingerprint density at radius 2 is 1.77 bits per heavy atom. The second-order valence-electron chi connectivity index (χ2n) is 8.06. The lowest BCUT2D eigenvalue weighted by atomic mass is 10.1. The number of thioether (sulfide) groups is 1. The van der Waals surface area contributed by atoms with Gasteiger partial charge in [-0.3, -0.25) is 19.3 Å². The van der Waals surface area contributed by atoms with E-state index in [9.17, 15) is 19.2 Å². The number of ether oxygens (including phenoxy) is 3. The van der Waals surface area contributed by atoms with Gasteiger partial charge < -0.3 is 19.5 Å². The molecule has 0 unspecified atom stereocenters. The highest BCUT2D eigenvalue weighted by Crippen LogP contribution is 2.38. The zero-order valence-corrected chi connectivity index (χ0v) is 23.9. The highest BCUT2D eigenvalue weighted by atomic mass is 127. The van der Waals surface area contributed by atoms with Crippen LogP contribution in [0, 0.1) is 3.57 Å². The van der Waals surface area contributed by atoms with Gasteiger partial charge in [0.05, 0.1) is 27.8 Å². The third kappa shape index (κ3) is 6.98. The highest BCUT2D eigenvalue weighted by molar-refractivity contribution is 14.1. The number of hydrogen-bond acceptors (Lipinski definition) is 8. The number of para-hydroxylation sites is 1. The van der Waals surface area contributed by atoms with Crippen LogP contribution in [-0.2, 0) is 9.59 Å². The molecule has 0 radical (unpaired) electrons. The van der Waals surface area contributed by atoms with Crippen LogP contribution in [0.1, 0.15) is 22.8 Å². The number of hydrogen-bond donors (Lipinski definition) is 1. The Morgan fingerprint density at radius 1 is 1.05 bits per heavy atom. The molecular formula is C28H23IN2O7S. The van der Waals surface area contributed by atoms with Gasteiger partial charge in [0.15, 0.2) is 11.5 Å². The van der Waals surface area contributed by atoms with Crippen molar-refractivity contribution in [2.45, 2.75) is 6.92 Å². The van der Waals surface area contributed by atoms with Gasteiger partial charge in [0, 0.05) is 5.69 Å². The molecule has 1 heterocycles. The third-order valence-electron chi connectivity index (χ3n) is 5.38. The molecule has 0 spiro atoms. The lowest BCUT2D eigenvalue weighted by Gasteiger charge is -2.14.